The first kappa shape index (κ1) is 22.5. The van der Waals surface area contributed by atoms with Crippen molar-refractivity contribution in [3.63, 3.8) is 0 Å². The summed E-state index contributed by atoms with van der Waals surface area (Å²) in [6.07, 6.45) is 4.92. The molecule has 0 spiro atoms. The highest BCUT2D eigenvalue weighted by Crippen LogP contribution is 2.37. The molecule has 0 fully saturated rings. The number of nitrogens with one attached hydrogen (secondary N) is 2. The van der Waals surface area contributed by atoms with Crippen LogP contribution in [0.2, 0.25) is 0 Å². The molecular formula is C23H32F2N2O2. The third kappa shape index (κ3) is 6.11. The second kappa shape index (κ2) is 9.63. The van der Waals surface area contributed by atoms with E-state index in [9.17, 15) is 18.4 Å². The van der Waals surface area contributed by atoms with E-state index in [1.807, 2.05) is 25.1 Å². The number of amides is 2. The van der Waals surface area contributed by atoms with Crippen molar-refractivity contribution < 1.29 is 21.2 Å². The van der Waals surface area contributed by atoms with Gasteiger partial charge in [0.15, 0.2) is 0 Å². The summed E-state index contributed by atoms with van der Waals surface area (Å²) in [5.74, 6) is -3.11. The molecule has 1 aromatic rings. The first-order valence-corrected chi connectivity index (χ1v) is 9.69. The molecule has 2 rings (SSSR count). The maximum atomic E-state index is 13.5. The van der Waals surface area contributed by atoms with Crippen molar-refractivity contribution in [1.82, 2.24) is 10.6 Å². The minimum Gasteiger partial charge on any atom is -0.359 e. The second-order valence-corrected chi connectivity index (χ2v) is 7.36. The van der Waals surface area contributed by atoms with E-state index in [1.54, 1.807) is 26.1 Å². The van der Waals surface area contributed by atoms with Gasteiger partial charge in [-0.15, -0.1) is 0 Å². The largest absolute Gasteiger partial charge is 0.359 e. The summed E-state index contributed by atoms with van der Waals surface area (Å²) in [6.45, 7) is 7.39. The Labute approximate surface area is 173 Å². The molecule has 0 aromatic heterocycles. The average molecular weight is 407 g/mol. The normalized spacial score (nSPS) is 17.1. The lowest BCUT2D eigenvalue weighted by Crippen LogP contribution is -2.37. The Morgan fingerprint density at radius 1 is 1.38 bits per heavy atom. The minimum atomic E-state index is -2.63. The van der Waals surface area contributed by atoms with E-state index in [0.29, 0.717) is 12.0 Å². The molecule has 0 radical (unpaired) electrons. The van der Waals surface area contributed by atoms with Crippen molar-refractivity contribution in [1.29, 1.82) is 0 Å². The number of alkyl halides is 2. The van der Waals surface area contributed by atoms with Gasteiger partial charge in [0.1, 0.15) is 0 Å². The van der Waals surface area contributed by atoms with Crippen LogP contribution < -0.4 is 10.6 Å². The first-order valence-electron chi connectivity index (χ1n) is 9.69. The molecule has 0 saturated heterocycles. The smallest absolute Gasteiger partial charge is 0.251 e. The third-order valence-electron chi connectivity index (χ3n) is 5.07. The Balaban J connectivity index is 0.00000450. The molecule has 6 heteroatoms. The Kier molecular flexibility index (Phi) is 7.48. The lowest BCUT2D eigenvalue weighted by molar-refractivity contribution is -0.121. The van der Waals surface area contributed by atoms with E-state index < -0.39 is 5.92 Å². The van der Waals surface area contributed by atoms with Crippen LogP contribution in [0.25, 0.3) is 11.6 Å². The molecule has 1 atom stereocenters. The Morgan fingerprint density at radius 2 is 2.10 bits per heavy atom. The molecule has 0 bridgehead atoms. The van der Waals surface area contributed by atoms with Crippen LogP contribution in [0.3, 0.4) is 0 Å². The van der Waals surface area contributed by atoms with Gasteiger partial charge in [-0.05, 0) is 48.6 Å². The summed E-state index contributed by atoms with van der Waals surface area (Å²) in [6, 6.07) is 5.32. The van der Waals surface area contributed by atoms with E-state index in [2.05, 4.69) is 17.2 Å². The van der Waals surface area contributed by atoms with E-state index in [-0.39, 0.29) is 40.0 Å². The summed E-state index contributed by atoms with van der Waals surface area (Å²) < 4.78 is 26.9. The number of carbonyl (C=O) groups is 2. The predicted octanol–water partition coefficient (Wildman–Crippen LogP) is 4.90. The van der Waals surface area contributed by atoms with Crippen LogP contribution >= 0.6 is 0 Å². The summed E-state index contributed by atoms with van der Waals surface area (Å²) >= 11 is 0. The van der Waals surface area contributed by atoms with Gasteiger partial charge in [0, 0.05) is 40.8 Å². The molecule has 0 aliphatic heterocycles. The van der Waals surface area contributed by atoms with Crippen LogP contribution in [-0.4, -0.2) is 30.8 Å². The van der Waals surface area contributed by atoms with Gasteiger partial charge in [0.05, 0.1) is 0 Å². The van der Waals surface area contributed by atoms with Crippen molar-refractivity contribution >= 4 is 23.5 Å². The number of benzene rings is 1. The standard InChI is InChI=1S/C23H28F2N2O2.2H2/c1-5-17(22(29)27-15(2)13-21(28)26-4)14-19-7-6-8-20(16(19)3)18-9-11-23(24,25)12-10-18;;/h5-9,14-15H,1,10-13H2,2-4H3,(H,26,28)(H,27,29);2*1H/b17-14+;;/t15-;;/m1../s1. The molecule has 0 heterocycles. The van der Waals surface area contributed by atoms with E-state index in [1.165, 1.54) is 6.08 Å². The molecular weight excluding hydrogens is 374 g/mol. The van der Waals surface area contributed by atoms with Gasteiger partial charge in [-0.1, -0.05) is 36.9 Å². The molecule has 2 N–H and O–H groups in total. The Morgan fingerprint density at radius 3 is 2.69 bits per heavy atom. The van der Waals surface area contributed by atoms with E-state index in [0.717, 1.165) is 22.3 Å². The monoisotopic (exact) mass is 406 g/mol. The van der Waals surface area contributed by atoms with Crippen molar-refractivity contribution in [3.8, 4) is 0 Å². The molecule has 1 aromatic carbocycles. The quantitative estimate of drug-likeness (QED) is 0.500. The number of carbonyl (C=O) groups excluding carboxylic acids is 2. The van der Waals surface area contributed by atoms with Crippen LogP contribution in [0.5, 0.6) is 0 Å². The number of rotatable bonds is 7. The van der Waals surface area contributed by atoms with Gasteiger partial charge in [0.2, 0.25) is 5.91 Å². The zero-order chi connectivity index (χ0) is 21.6. The van der Waals surface area contributed by atoms with Gasteiger partial charge in [-0.2, -0.15) is 0 Å². The fraction of sp³-hybridized carbons (Fsp3) is 0.391. The van der Waals surface area contributed by atoms with Crippen LogP contribution in [0, 0.1) is 6.92 Å². The molecule has 4 nitrogen and oxygen atoms in total. The zero-order valence-corrected chi connectivity index (χ0v) is 17.1. The molecule has 0 saturated carbocycles. The zero-order valence-electron chi connectivity index (χ0n) is 17.1. The van der Waals surface area contributed by atoms with Gasteiger partial charge >= 0.3 is 0 Å². The van der Waals surface area contributed by atoms with Crippen LogP contribution in [-0.2, 0) is 9.59 Å². The minimum absolute atomic E-state index is 0. The van der Waals surface area contributed by atoms with Crippen LogP contribution in [0.1, 0.15) is 52.2 Å². The predicted molar refractivity (Wildman–Crippen MR) is 117 cm³/mol. The molecule has 1 aliphatic carbocycles. The van der Waals surface area contributed by atoms with E-state index in [4.69, 9.17) is 0 Å². The Hall–Kier alpha value is -2.76. The second-order valence-electron chi connectivity index (χ2n) is 7.36. The highest BCUT2D eigenvalue weighted by atomic mass is 19.3. The fourth-order valence-electron chi connectivity index (χ4n) is 3.32. The topological polar surface area (TPSA) is 58.2 Å². The maximum absolute atomic E-state index is 13.5. The van der Waals surface area contributed by atoms with Crippen molar-refractivity contribution in [3.05, 3.63) is 59.2 Å². The number of hydrogen-bond acceptors (Lipinski definition) is 2. The average Bonchev–Trinajstić information content (AvgIpc) is 2.67. The van der Waals surface area contributed by atoms with Crippen molar-refractivity contribution in [2.24, 2.45) is 0 Å². The number of hydrogen-bond donors (Lipinski definition) is 2. The van der Waals surface area contributed by atoms with Crippen molar-refractivity contribution in [2.75, 3.05) is 7.05 Å². The summed E-state index contributed by atoms with van der Waals surface area (Å²) in [4.78, 5) is 24.0. The molecule has 2 amide bonds. The highest BCUT2D eigenvalue weighted by Gasteiger charge is 2.31. The fourth-order valence-corrected chi connectivity index (χ4v) is 3.32. The summed E-state index contributed by atoms with van der Waals surface area (Å²) in [5, 5.41) is 5.31. The summed E-state index contributed by atoms with van der Waals surface area (Å²) in [5.41, 5.74) is 3.95. The lowest BCUT2D eigenvalue weighted by atomic mass is 9.87. The Bertz CT molecular complexity index is 867. The maximum Gasteiger partial charge on any atom is 0.251 e. The molecule has 0 unspecified atom stereocenters. The third-order valence-corrected chi connectivity index (χ3v) is 5.07. The van der Waals surface area contributed by atoms with Gasteiger partial charge in [-0.3, -0.25) is 9.59 Å². The van der Waals surface area contributed by atoms with Crippen LogP contribution in [0.15, 0.2) is 42.5 Å². The van der Waals surface area contributed by atoms with E-state index >= 15 is 0 Å². The summed E-state index contributed by atoms with van der Waals surface area (Å²) in [7, 11) is 1.55. The molecule has 1 aliphatic rings. The first-order chi connectivity index (χ1) is 13.7. The molecule has 29 heavy (non-hydrogen) atoms. The number of halogens is 2. The SMILES string of the molecule is C=C/C(=C\c1cccc(C2=CCC(F)(F)CC2)c1C)C(=O)N[C@H](C)CC(=O)NC.[HH].[HH]. The van der Waals surface area contributed by atoms with Crippen molar-refractivity contribution in [2.45, 2.75) is 51.5 Å². The molecule has 160 valence electrons. The van der Waals surface area contributed by atoms with Gasteiger partial charge < -0.3 is 10.6 Å². The van der Waals surface area contributed by atoms with Crippen LogP contribution in [0.4, 0.5) is 8.78 Å². The van der Waals surface area contributed by atoms with Gasteiger partial charge in [-0.25, -0.2) is 8.78 Å². The number of allylic oxidation sites excluding steroid dienone is 2. The lowest BCUT2D eigenvalue weighted by Gasteiger charge is -2.23. The van der Waals surface area contributed by atoms with Gasteiger partial charge in [0.25, 0.3) is 11.8 Å². The highest BCUT2D eigenvalue weighted by molar-refractivity contribution is 6.01.